The third kappa shape index (κ3) is 16.4. The lowest BCUT2D eigenvalue weighted by Gasteiger charge is -2.16. The van der Waals surface area contributed by atoms with Crippen LogP contribution in [0, 0.1) is 6.42 Å². The summed E-state index contributed by atoms with van der Waals surface area (Å²) in [5.74, 6) is 0.962. The van der Waals surface area contributed by atoms with Gasteiger partial charge in [0, 0.05) is 17.8 Å². The first-order valence-electron chi connectivity index (χ1n) is 15.9. The Kier molecular flexibility index (Phi) is 21.5. The highest BCUT2D eigenvalue weighted by atomic mass is 14.9. The minimum Gasteiger partial charge on any atom is -0.237 e. The van der Waals surface area contributed by atoms with Gasteiger partial charge in [0.25, 0.3) is 0 Å². The molecule has 0 bridgehead atoms. The van der Waals surface area contributed by atoms with Gasteiger partial charge in [0.05, 0.1) is 0 Å². The van der Waals surface area contributed by atoms with Crippen LogP contribution in [-0.4, -0.2) is 9.97 Å². The summed E-state index contributed by atoms with van der Waals surface area (Å²) in [6.07, 6.45) is 34.3. The fraction of sp³-hybridized carbons (Fsp3) is 0.848. The average Bonchev–Trinajstić information content (AvgIpc) is 2.87. The van der Waals surface area contributed by atoms with Gasteiger partial charge in [-0.05, 0) is 44.1 Å². The van der Waals surface area contributed by atoms with Crippen LogP contribution in [0.4, 0.5) is 0 Å². The molecule has 0 fully saturated rings. The van der Waals surface area contributed by atoms with Crippen LogP contribution in [0.15, 0.2) is 0 Å². The molecule has 2 nitrogen and oxygen atoms in total. The third-order valence-corrected chi connectivity index (χ3v) is 7.52. The highest BCUT2D eigenvalue weighted by Crippen LogP contribution is 2.22. The number of rotatable bonds is 25. The Balaban J connectivity index is 2.69. The van der Waals surface area contributed by atoms with Crippen molar-refractivity contribution in [2.24, 2.45) is 0 Å². The first-order valence-corrected chi connectivity index (χ1v) is 15.9. The molecule has 1 aromatic rings. The van der Waals surface area contributed by atoms with E-state index >= 15 is 0 Å². The summed E-state index contributed by atoms with van der Waals surface area (Å²) in [5.41, 5.74) is 4.29. The molecule has 1 rings (SSSR count). The Labute approximate surface area is 220 Å². The van der Waals surface area contributed by atoms with Crippen molar-refractivity contribution in [3.63, 3.8) is 0 Å². The molecule has 1 aromatic heterocycles. The van der Waals surface area contributed by atoms with Gasteiger partial charge in [-0.25, -0.2) is 9.97 Å². The molecule has 2 heteroatoms. The lowest BCUT2D eigenvalue weighted by Crippen LogP contribution is -2.10. The smallest absolute Gasteiger partial charge is 0.132 e. The van der Waals surface area contributed by atoms with E-state index in [4.69, 9.17) is 9.97 Å². The van der Waals surface area contributed by atoms with E-state index in [1.807, 2.05) is 0 Å². The van der Waals surface area contributed by atoms with Crippen LogP contribution in [0.25, 0.3) is 0 Å². The SMILES string of the molecule is C[CH]c1nc(CCCCCCCCC)c(CCCCCCCCC)c(CCCCCCCCC)n1. The summed E-state index contributed by atoms with van der Waals surface area (Å²) in [6.45, 7) is 9.00. The minimum absolute atomic E-state index is 0.962. The number of unbranched alkanes of at least 4 members (excludes halogenated alkanes) is 18. The van der Waals surface area contributed by atoms with Gasteiger partial charge in [0.2, 0.25) is 0 Å². The lowest BCUT2D eigenvalue weighted by molar-refractivity contribution is 0.572. The lowest BCUT2D eigenvalue weighted by atomic mass is 9.96. The van der Waals surface area contributed by atoms with Gasteiger partial charge in [0.15, 0.2) is 0 Å². The summed E-state index contributed by atoms with van der Waals surface area (Å²) >= 11 is 0. The van der Waals surface area contributed by atoms with Crippen molar-refractivity contribution < 1.29 is 0 Å². The molecule has 0 aliphatic heterocycles. The molecule has 35 heavy (non-hydrogen) atoms. The van der Waals surface area contributed by atoms with E-state index in [1.165, 1.54) is 158 Å². The molecule has 0 spiro atoms. The second-order valence-corrected chi connectivity index (χ2v) is 10.9. The fourth-order valence-electron chi connectivity index (χ4n) is 5.19. The van der Waals surface area contributed by atoms with E-state index in [0.29, 0.717) is 0 Å². The molecule has 0 amide bonds. The van der Waals surface area contributed by atoms with E-state index in [1.54, 1.807) is 0 Å². The van der Waals surface area contributed by atoms with Crippen LogP contribution < -0.4 is 0 Å². The predicted molar refractivity (Wildman–Crippen MR) is 156 cm³/mol. The van der Waals surface area contributed by atoms with Gasteiger partial charge in [-0.1, -0.05) is 143 Å². The number of hydrogen-bond acceptors (Lipinski definition) is 2. The minimum atomic E-state index is 0.962. The zero-order valence-electron chi connectivity index (χ0n) is 24.4. The Morgan fingerprint density at radius 2 is 0.743 bits per heavy atom. The Bertz CT molecular complexity index is 556. The number of aromatic nitrogens is 2. The summed E-state index contributed by atoms with van der Waals surface area (Å²) < 4.78 is 0. The van der Waals surface area contributed by atoms with Crippen LogP contribution >= 0.6 is 0 Å². The Hall–Kier alpha value is -0.920. The second-order valence-electron chi connectivity index (χ2n) is 10.9. The van der Waals surface area contributed by atoms with Crippen molar-refractivity contribution in [2.75, 3.05) is 0 Å². The van der Waals surface area contributed by atoms with E-state index < -0.39 is 0 Å². The Morgan fingerprint density at radius 1 is 0.429 bits per heavy atom. The zero-order valence-corrected chi connectivity index (χ0v) is 24.4. The fourth-order valence-corrected chi connectivity index (χ4v) is 5.19. The monoisotopic (exact) mass is 485 g/mol. The summed E-state index contributed by atoms with van der Waals surface area (Å²) in [7, 11) is 0. The van der Waals surface area contributed by atoms with Gasteiger partial charge in [-0.2, -0.15) is 0 Å². The molecule has 0 aliphatic rings. The standard InChI is InChI=1S/C33H61N2/c1-5-9-12-15-18-21-24-27-30-31(28-25-22-19-16-13-10-6-2)34-33(8-4)35-32(30)29-26-23-20-17-14-11-7-3/h8H,5-7,9-29H2,1-4H3. The van der Waals surface area contributed by atoms with Crippen molar-refractivity contribution in [3.05, 3.63) is 29.2 Å². The van der Waals surface area contributed by atoms with Crippen LogP contribution in [0.1, 0.15) is 185 Å². The third-order valence-electron chi connectivity index (χ3n) is 7.52. The second kappa shape index (κ2) is 23.5. The molecule has 0 saturated carbocycles. The topological polar surface area (TPSA) is 25.8 Å². The van der Waals surface area contributed by atoms with Crippen LogP contribution in [0.3, 0.4) is 0 Å². The molecular formula is C33H61N2. The van der Waals surface area contributed by atoms with Gasteiger partial charge < -0.3 is 0 Å². The maximum absolute atomic E-state index is 5.05. The molecule has 0 N–H and O–H groups in total. The summed E-state index contributed by atoms with van der Waals surface area (Å²) in [4.78, 5) is 10.1. The van der Waals surface area contributed by atoms with Gasteiger partial charge in [0.1, 0.15) is 5.82 Å². The highest BCUT2D eigenvalue weighted by molar-refractivity contribution is 5.28. The van der Waals surface area contributed by atoms with Gasteiger partial charge in [-0.15, -0.1) is 0 Å². The van der Waals surface area contributed by atoms with Crippen molar-refractivity contribution in [1.29, 1.82) is 0 Å². The number of nitrogens with zero attached hydrogens (tertiary/aromatic N) is 2. The molecule has 1 heterocycles. The van der Waals surface area contributed by atoms with Crippen molar-refractivity contribution in [1.82, 2.24) is 9.97 Å². The largest absolute Gasteiger partial charge is 0.237 e. The maximum atomic E-state index is 5.05. The maximum Gasteiger partial charge on any atom is 0.132 e. The van der Waals surface area contributed by atoms with Crippen LogP contribution in [-0.2, 0) is 19.3 Å². The van der Waals surface area contributed by atoms with Crippen LogP contribution in [0.2, 0.25) is 0 Å². The molecule has 0 unspecified atom stereocenters. The van der Waals surface area contributed by atoms with Crippen molar-refractivity contribution in [2.45, 2.75) is 182 Å². The molecular weight excluding hydrogens is 424 g/mol. The first-order chi connectivity index (χ1) is 17.3. The molecule has 0 atom stereocenters. The zero-order chi connectivity index (χ0) is 25.4. The van der Waals surface area contributed by atoms with E-state index in [-0.39, 0.29) is 0 Å². The van der Waals surface area contributed by atoms with E-state index in [9.17, 15) is 0 Å². The van der Waals surface area contributed by atoms with Gasteiger partial charge >= 0.3 is 0 Å². The number of aryl methyl sites for hydroxylation is 2. The summed E-state index contributed by atoms with van der Waals surface area (Å²) in [6, 6.07) is 0. The van der Waals surface area contributed by atoms with Gasteiger partial charge in [-0.3, -0.25) is 0 Å². The molecule has 0 aliphatic carbocycles. The quantitative estimate of drug-likeness (QED) is 0.129. The summed E-state index contributed by atoms with van der Waals surface area (Å²) in [5, 5.41) is 0. The van der Waals surface area contributed by atoms with E-state index in [0.717, 1.165) is 18.7 Å². The average molecular weight is 486 g/mol. The Morgan fingerprint density at radius 3 is 1.09 bits per heavy atom. The highest BCUT2D eigenvalue weighted by Gasteiger charge is 2.14. The van der Waals surface area contributed by atoms with E-state index in [2.05, 4.69) is 34.1 Å². The van der Waals surface area contributed by atoms with Crippen molar-refractivity contribution in [3.8, 4) is 0 Å². The van der Waals surface area contributed by atoms with Crippen molar-refractivity contribution >= 4 is 0 Å². The van der Waals surface area contributed by atoms with Crippen LogP contribution in [0.5, 0.6) is 0 Å². The molecule has 0 aromatic carbocycles. The molecule has 203 valence electrons. The normalized spacial score (nSPS) is 11.4. The number of hydrogen-bond donors (Lipinski definition) is 0. The predicted octanol–water partition coefficient (Wildman–Crippen LogP) is 10.9. The molecule has 0 saturated heterocycles. The first kappa shape index (κ1) is 32.1. The molecule has 1 radical (unpaired) electrons.